The highest BCUT2D eigenvalue weighted by atomic mass is 32.2. The molecule has 1 aromatic heterocycles. The molecule has 6 heteroatoms. The van der Waals surface area contributed by atoms with Crippen molar-refractivity contribution in [3.05, 3.63) is 47.5 Å². The minimum atomic E-state index is -3.49. The van der Waals surface area contributed by atoms with Crippen LogP contribution in [-0.4, -0.2) is 18.2 Å². The normalized spacial score (nSPS) is 11.8. The van der Waals surface area contributed by atoms with Crippen LogP contribution in [0.2, 0.25) is 0 Å². The highest BCUT2D eigenvalue weighted by Crippen LogP contribution is 2.18. The predicted octanol–water partition coefficient (Wildman–Crippen LogP) is 2.58. The third kappa shape index (κ3) is 3.07. The molecule has 0 spiro atoms. The Bertz CT molecular complexity index is 690. The van der Waals surface area contributed by atoms with E-state index in [-0.39, 0.29) is 10.6 Å². The van der Waals surface area contributed by atoms with Crippen LogP contribution in [-0.2, 0) is 28.6 Å². The predicted molar refractivity (Wildman–Crippen MR) is 74.6 cm³/mol. The minimum absolute atomic E-state index is 0.126. The van der Waals surface area contributed by atoms with Crippen LogP contribution in [0.1, 0.15) is 25.2 Å². The zero-order chi connectivity index (χ0) is 14.8. The summed E-state index contributed by atoms with van der Waals surface area (Å²) in [6.07, 6.45) is 0.761. The molecule has 0 atom stereocenters. The quantitative estimate of drug-likeness (QED) is 0.797. The monoisotopic (exact) mass is 296 g/mol. The van der Waals surface area contributed by atoms with Gasteiger partial charge in [-0.15, -0.1) is 0 Å². The molecule has 0 saturated heterocycles. The van der Waals surface area contributed by atoms with Crippen LogP contribution < -0.4 is 0 Å². The van der Waals surface area contributed by atoms with E-state index in [1.807, 2.05) is 19.9 Å². The van der Waals surface area contributed by atoms with E-state index in [9.17, 15) is 12.8 Å². The average molecular weight is 296 g/mol. The Morgan fingerprint density at radius 1 is 1.20 bits per heavy atom. The fraction of sp³-hybridized carbons (Fsp3) is 0.357. The Hall–Kier alpha value is -1.69. The highest BCUT2D eigenvalue weighted by Gasteiger charge is 2.18. The van der Waals surface area contributed by atoms with E-state index in [1.54, 1.807) is 4.68 Å². The number of hydrogen-bond acceptors (Lipinski definition) is 3. The van der Waals surface area contributed by atoms with E-state index in [4.69, 9.17) is 0 Å². The minimum Gasteiger partial charge on any atom is -0.269 e. The van der Waals surface area contributed by atoms with Crippen LogP contribution in [0.5, 0.6) is 0 Å². The second-order valence-electron chi connectivity index (χ2n) is 4.51. The summed E-state index contributed by atoms with van der Waals surface area (Å²) in [5.74, 6) is -0.574. The average Bonchev–Trinajstić information content (AvgIpc) is 2.80. The summed E-state index contributed by atoms with van der Waals surface area (Å²) in [5.41, 5.74) is 1.53. The van der Waals surface area contributed by atoms with Crippen LogP contribution in [0.4, 0.5) is 4.39 Å². The Morgan fingerprint density at radius 2 is 1.85 bits per heavy atom. The Morgan fingerprint density at radius 3 is 2.40 bits per heavy atom. The standard InChI is InChI=1S/C14H17FN2O2S/c1-3-12-9-13(17(4-2)16-12)10-20(18,19)14-7-5-11(15)6-8-14/h5-9H,3-4,10H2,1-2H3. The number of halogens is 1. The van der Waals surface area contributed by atoms with Gasteiger partial charge >= 0.3 is 0 Å². The zero-order valence-corrected chi connectivity index (χ0v) is 12.3. The summed E-state index contributed by atoms with van der Waals surface area (Å²) in [7, 11) is -3.49. The molecule has 0 aliphatic rings. The third-order valence-electron chi connectivity index (χ3n) is 3.09. The van der Waals surface area contributed by atoms with Crippen LogP contribution in [0.15, 0.2) is 35.2 Å². The van der Waals surface area contributed by atoms with E-state index < -0.39 is 15.7 Å². The second-order valence-corrected chi connectivity index (χ2v) is 6.50. The second kappa shape index (κ2) is 5.75. The molecule has 2 aromatic rings. The third-order valence-corrected chi connectivity index (χ3v) is 4.75. The summed E-state index contributed by atoms with van der Waals surface area (Å²) < 4.78 is 39.2. The molecule has 1 aromatic carbocycles. The SMILES string of the molecule is CCc1cc(CS(=O)(=O)c2ccc(F)cc2)n(CC)n1. The lowest BCUT2D eigenvalue weighted by Crippen LogP contribution is -2.10. The number of rotatable bonds is 5. The molecule has 20 heavy (non-hydrogen) atoms. The van der Waals surface area contributed by atoms with Crippen LogP contribution in [0.3, 0.4) is 0 Å². The van der Waals surface area contributed by atoms with Gasteiger partial charge in [-0.1, -0.05) is 6.92 Å². The summed E-state index contributed by atoms with van der Waals surface area (Å²) in [6.45, 7) is 4.51. The summed E-state index contributed by atoms with van der Waals surface area (Å²) in [4.78, 5) is 0.126. The number of nitrogens with zero attached hydrogens (tertiary/aromatic N) is 2. The lowest BCUT2D eigenvalue weighted by atomic mass is 10.3. The van der Waals surface area contributed by atoms with Crippen molar-refractivity contribution in [3.63, 3.8) is 0 Å². The molecule has 0 saturated carbocycles. The lowest BCUT2D eigenvalue weighted by Gasteiger charge is -2.06. The topological polar surface area (TPSA) is 52.0 Å². The van der Waals surface area contributed by atoms with Crippen LogP contribution in [0.25, 0.3) is 0 Å². The summed E-state index contributed by atoms with van der Waals surface area (Å²) in [5, 5.41) is 4.33. The first-order valence-electron chi connectivity index (χ1n) is 6.50. The smallest absolute Gasteiger partial charge is 0.184 e. The molecular formula is C14H17FN2O2S. The maximum Gasteiger partial charge on any atom is 0.184 e. The molecule has 0 radical (unpaired) electrons. The fourth-order valence-electron chi connectivity index (χ4n) is 2.00. The summed E-state index contributed by atoms with van der Waals surface area (Å²) >= 11 is 0. The molecule has 0 fully saturated rings. The van der Waals surface area contributed by atoms with Crippen LogP contribution in [0, 0.1) is 5.82 Å². The van der Waals surface area contributed by atoms with Gasteiger partial charge in [-0.3, -0.25) is 4.68 Å². The Kier molecular flexibility index (Phi) is 4.23. The largest absolute Gasteiger partial charge is 0.269 e. The molecule has 0 aliphatic carbocycles. The Balaban J connectivity index is 2.32. The van der Waals surface area contributed by atoms with Gasteiger partial charge in [0.15, 0.2) is 9.84 Å². The van der Waals surface area contributed by atoms with Gasteiger partial charge in [0, 0.05) is 6.54 Å². The molecule has 108 valence electrons. The van der Waals surface area contributed by atoms with E-state index in [2.05, 4.69) is 5.10 Å². The number of aryl methyl sites for hydroxylation is 2. The molecule has 0 amide bonds. The van der Waals surface area contributed by atoms with Crippen molar-refractivity contribution in [2.24, 2.45) is 0 Å². The van der Waals surface area contributed by atoms with E-state index in [0.29, 0.717) is 12.2 Å². The molecule has 1 heterocycles. The first-order chi connectivity index (χ1) is 9.46. The maximum absolute atomic E-state index is 12.9. The first kappa shape index (κ1) is 14.7. The number of aromatic nitrogens is 2. The highest BCUT2D eigenvalue weighted by molar-refractivity contribution is 7.90. The fourth-order valence-corrected chi connectivity index (χ4v) is 3.34. The van der Waals surface area contributed by atoms with Crippen molar-refractivity contribution in [1.82, 2.24) is 9.78 Å². The molecule has 0 aliphatic heterocycles. The maximum atomic E-state index is 12.9. The molecule has 0 N–H and O–H groups in total. The van der Waals surface area contributed by atoms with Gasteiger partial charge in [-0.25, -0.2) is 12.8 Å². The lowest BCUT2D eigenvalue weighted by molar-refractivity contribution is 0.584. The van der Waals surface area contributed by atoms with Gasteiger partial charge < -0.3 is 0 Å². The Labute approximate surface area is 118 Å². The molecular weight excluding hydrogens is 279 g/mol. The van der Waals surface area contributed by atoms with Gasteiger partial charge in [0.2, 0.25) is 0 Å². The van der Waals surface area contributed by atoms with Gasteiger partial charge in [-0.2, -0.15) is 5.10 Å². The van der Waals surface area contributed by atoms with Gasteiger partial charge in [0.25, 0.3) is 0 Å². The van der Waals surface area contributed by atoms with Crippen molar-refractivity contribution in [3.8, 4) is 0 Å². The summed E-state index contributed by atoms with van der Waals surface area (Å²) in [6, 6.07) is 6.70. The molecule has 4 nitrogen and oxygen atoms in total. The molecule has 0 bridgehead atoms. The number of sulfone groups is 1. The van der Waals surface area contributed by atoms with E-state index in [0.717, 1.165) is 24.2 Å². The number of hydrogen-bond donors (Lipinski definition) is 0. The van der Waals surface area contributed by atoms with Crippen LogP contribution >= 0.6 is 0 Å². The first-order valence-corrected chi connectivity index (χ1v) is 8.15. The van der Waals surface area contributed by atoms with Crippen molar-refractivity contribution < 1.29 is 12.8 Å². The van der Waals surface area contributed by atoms with Gasteiger partial charge in [-0.05, 0) is 43.7 Å². The number of benzene rings is 1. The molecule has 2 rings (SSSR count). The van der Waals surface area contributed by atoms with Crippen molar-refractivity contribution in [1.29, 1.82) is 0 Å². The van der Waals surface area contributed by atoms with Gasteiger partial charge in [0.05, 0.1) is 22.0 Å². The molecule has 0 unspecified atom stereocenters. The van der Waals surface area contributed by atoms with Crippen molar-refractivity contribution in [2.75, 3.05) is 0 Å². The van der Waals surface area contributed by atoms with Crippen molar-refractivity contribution in [2.45, 2.75) is 37.5 Å². The van der Waals surface area contributed by atoms with E-state index >= 15 is 0 Å². The van der Waals surface area contributed by atoms with E-state index in [1.165, 1.54) is 12.1 Å². The van der Waals surface area contributed by atoms with Crippen molar-refractivity contribution >= 4 is 9.84 Å². The van der Waals surface area contributed by atoms with Gasteiger partial charge in [0.1, 0.15) is 5.82 Å². The zero-order valence-electron chi connectivity index (χ0n) is 11.5.